The Kier molecular flexibility index (Phi) is 6.75. The van der Waals surface area contributed by atoms with Crippen LogP contribution in [0.4, 0.5) is 0 Å². The van der Waals surface area contributed by atoms with Crippen LogP contribution in [0.25, 0.3) is 6.08 Å². The molecule has 2 N–H and O–H groups in total. The molecule has 0 aliphatic carbocycles. The van der Waals surface area contributed by atoms with Gasteiger partial charge in [-0.1, -0.05) is 24.3 Å². The van der Waals surface area contributed by atoms with E-state index in [1.54, 1.807) is 54.9 Å². The van der Waals surface area contributed by atoms with E-state index < -0.39 is 15.9 Å². The van der Waals surface area contributed by atoms with Crippen LogP contribution < -0.4 is 10.0 Å². The lowest BCUT2D eigenvalue weighted by Crippen LogP contribution is -2.24. The van der Waals surface area contributed by atoms with Crippen LogP contribution in [0.3, 0.4) is 0 Å². The predicted molar refractivity (Wildman–Crippen MR) is 109 cm³/mol. The highest BCUT2D eigenvalue weighted by atomic mass is 32.2. The summed E-state index contributed by atoms with van der Waals surface area (Å²) in [6.07, 6.45) is 4.54. The van der Waals surface area contributed by atoms with Gasteiger partial charge in [-0.3, -0.25) is 9.78 Å². The zero-order valence-corrected chi connectivity index (χ0v) is 16.6. The van der Waals surface area contributed by atoms with E-state index in [4.69, 9.17) is 4.42 Å². The molecule has 2 aromatic heterocycles. The fourth-order valence-corrected chi connectivity index (χ4v) is 3.50. The molecule has 0 fully saturated rings. The van der Waals surface area contributed by atoms with Crippen molar-refractivity contribution in [2.24, 2.45) is 0 Å². The Labute approximate surface area is 173 Å². The average Bonchev–Trinajstić information content (AvgIpc) is 3.23. The van der Waals surface area contributed by atoms with Gasteiger partial charge in [0.1, 0.15) is 23.2 Å². The largest absolute Gasteiger partial charge is 0.460 e. The van der Waals surface area contributed by atoms with E-state index in [1.807, 2.05) is 6.07 Å². The van der Waals surface area contributed by atoms with Crippen molar-refractivity contribution in [3.8, 4) is 6.07 Å². The SMILES string of the molecule is N#CC(=Cc1ccc(CNS(=O)(=O)c2ccccc2)o1)C(=O)NCc1cccnc1. The molecule has 0 saturated carbocycles. The third kappa shape index (κ3) is 5.64. The number of furan rings is 1. The molecule has 0 bridgehead atoms. The van der Waals surface area contributed by atoms with Crippen LogP contribution in [0, 0.1) is 11.3 Å². The molecular weight excluding hydrogens is 404 g/mol. The number of sulfonamides is 1. The summed E-state index contributed by atoms with van der Waals surface area (Å²) in [6, 6.07) is 16.5. The van der Waals surface area contributed by atoms with E-state index in [0.29, 0.717) is 5.76 Å². The molecule has 30 heavy (non-hydrogen) atoms. The molecule has 1 aromatic carbocycles. The van der Waals surface area contributed by atoms with Crippen molar-refractivity contribution in [2.45, 2.75) is 18.0 Å². The van der Waals surface area contributed by atoms with Gasteiger partial charge in [-0.05, 0) is 35.9 Å². The molecule has 3 aromatic rings. The zero-order valence-electron chi connectivity index (χ0n) is 15.8. The summed E-state index contributed by atoms with van der Waals surface area (Å²) in [6.45, 7) is 0.163. The molecule has 0 saturated heterocycles. The smallest absolute Gasteiger partial charge is 0.262 e. The van der Waals surface area contributed by atoms with Crippen LogP contribution in [-0.4, -0.2) is 19.3 Å². The van der Waals surface area contributed by atoms with E-state index in [2.05, 4.69) is 15.0 Å². The number of pyridine rings is 1. The lowest BCUT2D eigenvalue weighted by atomic mass is 10.2. The highest BCUT2D eigenvalue weighted by Gasteiger charge is 2.14. The van der Waals surface area contributed by atoms with E-state index in [-0.39, 0.29) is 29.3 Å². The second kappa shape index (κ2) is 9.65. The minimum atomic E-state index is -3.67. The summed E-state index contributed by atoms with van der Waals surface area (Å²) < 4.78 is 32.5. The number of aromatic nitrogens is 1. The number of carbonyl (C=O) groups is 1. The molecule has 2 heterocycles. The van der Waals surface area contributed by atoms with Crippen LogP contribution in [0.2, 0.25) is 0 Å². The normalized spacial score (nSPS) is 11.6. The molecular formula is C21H18N4O4S. The average molecular weight is 422 g/mol. The van der Waals surface area contributed by atoms with Crippen LogP contribution in [0.1, 0.15) is 17.1 Å². The Hall–Kier alpha value is -3.74. The van der Waals surface area contributed by atoms with Crippen molar-refractivity contribution in [1.82, 2.24) is 15.0 Å². The summed E-state index contributed by atoms with van der Waals surface area (Å²) in [5.41, 5.74) is 0.666. The number of rotatable bonds is 8. The topological polar surface area (TPSA) is 125 Å². The molecule has 3 rings (SSSR count). The van der Waals surface area contributed by atoms with E-state index in [9.17, 15) is 18.5 Å². The second-order valence-corrected chi connectivity index (χ2v) is 7.92. The monoisotopic (exact) mass is 422 g/mol. The molecule has 0 unspecified atom stereocenters. The van der Waals surface area contributed by atoms with Crippen molar-refractivity contribution in [2.75, 3.05) is 0 Å². The number of hydrogen-bond donors (Lipinski definition) is 2. The lowest BCUT2D eigenvalue weighted by Gasteiger charge is -2.05. The molecule has 0 radical (unpaired) electrons. The first kappa shape index (κ1) is 21.0. The number of nitrogens with zero attached hydrogens (tertiary/aromatic N) is 2. The Morgan fingerprint density at radius 1 is 1.10 bits per heavy atom. The lowest BCUT2D eigenvalue weighted by molar-refractivity contribution is -0.117. The number of nitriles is 1. The summed E-state index contributed by atoms with van der Waals surface area (Å²) in [4.78, 5) is 16.3. The maximum Gasteiger partial charge on any atom is 0.262 e. The van der Waals surface area contributed by atoms with Crippen molar-refractivity contribution in [3.63, 3.8) is 0 Å². The maximum absolute atomic E-state index is 12.2. The molecule has 152 valence electrons. The minimum absolute atomic E-state index is 0.0693. The zero-order chi connectivity index (χ0) is 21.4. The van der Waals surface area contributed by atoms with Crippen molar-refractivity contribution in [3.05, 3.63) is 89.6 Å². The molecule has 1 amide bonds. The third-order valence-corrected chi connectivity index (χ3v) is 5.42. The van der Waals surface area contributed by atoms with Gasteiger partial charge in [0, 0.05) is 25.0 Å². The van der Waals surface area contributed by atoms with Gasteiger partial charge in [0.25, 0.3) is 5.91 Å². The predicted octanol–water partition coefficient (Wildman–Crippen LogP) is 2.38. The van der Waals surface area contributed by atoms with Crippen molar-refractivity contribution in [1.29, 1.82) is 5.26 Å². The van der Waals surface area contributed by atoms with Crippen LogP contribution >= 0.6 is 0 Å². The highest BCUT2D eigenvalue weighted by molar-refractivity contribution is 7.89. The summed E-state index contributed by atoms with van der Waals surface area (Å²) >= 11 is 0. The van der Waals surface area contributed by atoms with Gasteiger partial charge in [0.2, 0.25) is 10.0 Å². The van der Waals surface area contributed by atoms with Gasteiger partial charge in [0.05, 0.1) is 11.4 Å². The van der Waals surface area contributed by atoms with E-state index in [0.717, 1.165) is 5.56 Å². The quantitative estimate of drug-likeness (QED) is 0.424. The number of amides is 1. The third-order valence-electron chi connectivity index (χ3n) is 4.00. The Balaban J connectivity index is 1.62. The van der Waals surface area contributed by atoms with Gasteiger partial charge >= 0.3 is 0 Å². The van der Waals surface area contributed by atoms with E-state index >= 15 is 0 Å². The first-order valence-corrected chi connectivity index (χ1v) is 10.4. The maximum atomic E-state index is 12.2. The minimum Gasteiger partial charge on any atom is -0.460 e. The molecule has 0 spiro atoms. The Bertz CT molecular complexity index is 1180. The summed E-state index contributed by atoms with van der Waals surface area (Å²) in [7, 11) is -3.67. The molecule has 0 aliphatic heterocycles. The van der Waals surface area contributed by atoms with Crippen LogP contribution in [0.5, 0.6) is 0 Å². The van der Waals surface area contributed by atoms with Crippen molar-refractivity contribution >= 4 is 22.0 Å². The van der Waals surface area contributed by atoms with Crippen molar-refractivity contribution < 1.29 is 17.6 Å². The van der Waals surface area contributed by atoms with Gasteiger partial charge in [0.15, 0.2) is 0 Å². The number of benzene rings is 1. The fourth-order valence-electron chi connectivity index (χ4n) is 2.49. The molecule has 0 aliphatic rings. The highest BCUT2D eigenvalue weighted by Crippen LogP contribution is 2.14. The van der Waals surface area contributed by atoms with Crippen LogP contribution in [0.15, 0.2) is 81.9 Å². The van der Waals surface area contributed by atoms with Gasteiger partial charge in [-0.25, -0.2) is 13.1 Å². The first-order valence-electron chi connectivity index (χ1n) is 8.90. The second-order valence-electron chi connectivity index (χ2n) is 6.16. The van der Waals surface area contributed by atoms with Gasteiger partial charge < -0.3 is 9.73 Å². The first-order chi connectivity index (χ1) is 14.5. The molecule has 8 nitrogen and oxygen atoms in total. The van der Waals surface area contributed by atoms with E-state index in [1.165, 1.54) is 18.2 Å². The Morgan fingerprint density at radius 2 is 1.90 bits per heavy atom. The van der Waals surface area contributed by atoms with Gasteiger partial charge in [-0.15, -0.1) is 0 Å². The van der Waals surface area contributed by atoms with Gasteiger partial charge in [-0.2, -0.15) is 5.26 Å². The molecule has 0 atom stereocenters. The summed E-state index contributed by atoms with van der Waals surface area (Å²) in [5, 5.41) is 11.9. The summed E-state index contributed by atoms with van der Waals surface area (Å²) in [5.74, 6) is 0.0508. The van der Waals surface area contributed by atoms with Crippen LogP contribution in [-0.2, 0) is 27.9 Å². The number of carbonyl (C=O) groups excluding carboxylic acids is 1. The molecule has 9 heteroatoms. The fraction of sp³-hybridized carbons (Fsp3) is 0.0952. The standard InChI is InChI=1S/C21H18N4O4S/c22-12-17(21(26)24-14-16-5-4-10-23-13-16)11-18-8-9-19(29-18)15-25-30(27,28)20-6-2-1-3-7-20/h1-11,13,25H,14-15H2,(H,24,26). The Morgan fingerprint density at radius 3 is 2.60 bits per heavy atom. The number of nitrogens with one attached hydrogen (secondary N) is 2. The number of hydrogen-bond acceptors (Lipinski definition) is 6.